The Kier molecular flexibility index (Phi) is 6.57. The summed E-state index contributed by atoms with van der Waals surface area (Å²) < 4.78 is 1.98. The molecule has 7 nitrogen and oxygen atoms in total. The van der Waals surface area contributed by atoms with Crippen molar-refractivity contribution in [2.45, 2.75) is 18.8 Å². The average molecular weight is 770 g/mol. The minimum atomic E-state index is -0.714. The van der Waals surface area contributed by atoms with Crippen LogP contribution >= 0.6 is 45.2 Å². The molecule has 2 aliphatic carbocycles. The van der Waals surface area contributed by atoms with Crippen molar-refractivity contribution in [2.75, 3.05) is 9.80 Å². The zero-order chi connectivity index (χ0) is 28.6. The van der Waals surface area contributed by atoms with Gasteiger partial charge < -0.3 is 5.11 Å². The number of halogens is 2. The minimum Gasteiger partial charge on any atom is -0.508 e. The van der Waals surface area contributed by atoms with E-state index in [1.807, 2.05) is 30.3 Å². The fraction of sp³-hybridized carbons (Fsp3) is 0.250. The number of aromatic hydroxyl groups is 1. The van der Waals surface area contributed by atoms with Crippen LogP contribution in [0.5, 0.6) is 5.75 Å². The van der Waals surface area contributed by atoms with Crippen molar-refractivity contribution in [3.8, 4) is 5.75 Å². The van der Waals surface area contributed by atoms with Crippen molar-refractivity contribution in [1.29, 1.82) is 0 Å². The lowest BCUT2D eigenvalue weighted by atomic mass is 9.57. The molecule has 9 heteroatoms. The number of hydrogen-bond acceptors (Lipinski definition) is 5. The topological polar surface area (TPSA) is 95.0 Å². The Morgan fingerprint density at radius 2 is 1.17 bits per heavy atom. The standard InChI is InChI=1S/C32H24I2N2O5/c33-16-5-9-18(10-6-16)35-29(38)22-14-13-20-23(27(22)31(35)40)15-24-28(26(20)21-3-1-2-4-25(21)37)32(41)36(30(24)39)19-11-7-17(34)8-12-19/h1-13,22-24,26-28,37H,14-15H2/t22-,23+,24+,26+,27-,28+/m0/s1. The third-order valence-electron chi connectivity index (χ3n) is 9.09. The molecule has 206 valence electrons. The number of rotatable bonds is 3. The molecule has 2 saturated heterocycles. The monoisotopic (exact) mass is 770 g/mol. The summed E-state index contributed by atoms with van der Waals surface area (Å²) in [7, 11) is 0. The molecule has 7 rings (SSSR count). The molecular formula is C32H24I2N2O5. The van der Waals surface area contributed by atoms with Crippen molar-refractivity contribution >= 4 is 80.2 Å². The molecule has 0 spiro atoms. The molecule has 0 bridgehead atoms. The van der Waals surface area contributed by atoms with Gasteiger partial charge in [-0.1, -0.05) is 29.8 Å². The number of phenolic OH excluding ortho intramolecular Hbond substituents is 1. The van der Waals surface area contributed by atoms with Crippen LogP contribution in [0.2, 0.25) is 0 Å². The lowest BCUT2D eigenvalue weighted by molar-refractivity contribution is -0.126. The summed E-state index contributed by atoms with van der Waals surface area (Å²) in [6, 6.07) is 21.4. The number of fused-ring (bicyclic) bond motifs is 4. The highest BCUT2D eigenvalue weighted by molar-refractivity contribution is 14.1. The normalized spacial score (nSPS) is 28.9. The van der Waals surface area contributed by atoms with E-state index < -0.39 is 35.5 Å². The highest BCUT2D eigenvalue weighted by Gasteiger charge is 2.62. The fourth-order valence-corrected chi connectivity index (χ4v) is 8.10. The summed E-state index contributed by atoms with van der Waals surface area (Å²) in [5.41, 5.74) is 2.48. The Hall–Kier alpha value is -3.06. The first-order valence-electron chi connectivity index (χ1n) is 13.5. The molecule has 41 heavy (non-hydrogen) atoms. The Labute approximate surface area is 263 Å². The number of imide groups is 2. The van der Waals surface area contributed by atoms with Crippen LogP contribution in [0.15, 0.2) is 84.4 Å². The smallest absolute Gasteiger partial charge is 0.238 e. The van der Waals surface area contributed by atoms with Gasteiger partial charge in [-0.15, -0.1) is 0 Å². The average Bonchev–Trinajstić information content (AvgIpc) is 3.37. The first kappa shape index (κ1) is 26.8. The lowest BCUT2D eigenvalue weighted by Gasteiger charge is -2.44. The predicted octanol–water partition coefficient (Wildman–Crippen LogP) is 5.65. The molecule has 2 heterocycles. The number of allylic oxidation sites excluding steroid dienone is 2. The number of para-hydroxylation sites is 1. The van der Waals surface area contributed by atoms with Gasteiger partial charge in [0.25, 0.3) is 0 Å². The van der Waals surface area contributed by atoms with Gasteiger partial charge in [-0.25, -0.2) is 0 Å². The number of benzene rings is 3. The number of hydrogen-bond donors (Lipinski definition) is 1. The van der Waals surface area contributed by atoms with Crippen molar-refractivity contribution in [3.05, 3.63) is 97.1 Å². The molecular weight excluding hydrogens is 746 g/mol. The number of phenols is 1. The lowest BCUT2D eigenvalue weighted by Crippen LogP contribution is -2.43. The van der Waals surface area contributed by atoms with E-state index in [2.05, 4.69) is 45.2 Å². The zero-order valence-corrected chi connectivity index (χ0v) is 25.9. The van der Waals surface area contributed by atoms with Gasteiger partial charge in [0.2, 0.25) is 23.6 Å². The molecule has 1 saturated carbocycles. The molecule has 1 N–H and O–H groups in total. The Bertz CT molecular complexity index is 1650. The van der Waals surface area contributed by atoms with Crippen LogP contribution in [0.3, 0.4) is 0 Å². The molecule has 3 aromatic carbocycles. The number of anilines is 2. The highest BCUT2D eigenvalue weighted by Crippen LogP contribution is 2.59. The SMILES string of the molecule is O=C1[C@H]2[C@H](CC=C3[C@H]2C[C@H]2C(=O)N(c4ccc(I)cc4)C(=O)[C@H]2[C@H]3c2ccccc2O)C(=O)N1c1ccc(I)cc1. The molecule has 0 radical (unpaired) electrons. The van der Waals surface area contributed by atoms with E-state index in [0.29, 0.717) is 29.8 Å². The van der Waals surface area contributed by atoms with Crippen LogP contribution in [0.1, 0.15) is 24.3 Å². The maximum Gasteiger partial charge on any atom is 0.238 e. The van der Waals surface area contributed by atoms with Crippen LogP contribution in [-0.4, -0.2) is 28.7 Å². The van der Waals surface area contributed by atoms with E-state index in [1.54, 1.807) is 48.5 Å². The van der Waals surface area contributed by atoms with E-state index in [-0.39, 0.29) is 29.4 Å². The summed E-state index contributed by atoms with van der Waals surface area (Å²) in [4.78, 5) is 58.3. The third-order valence-corrected chi connectivity index (χ3v) is 10.5. The maximum atomic E-state index is 14.1. The Balaban J connectivity index is 1.33. The Morgan fingerprint density at radius 3 is 1.76 bits per heavy atom. The second-order valence-corrected chi connectivity index (χ2v) is 13.6. The molecule has 3 aromatic rings. The highest BCUT2D eigenvalue weighted by atomic mass is 127. The molecule has 6 atom stereocenters. The van der Waals surface area contributed by atoms with E-state index in [9.17, 15) is 24.3 Å². The van der Waals surface area contributed by atoms with Gasteiger partial charge in [-0.2, -0.15) is 0 Å². The third kappa shape index (κ3) is 4.10. The summed E-state index contributed by atoms with van der Waals surface area (Å²) in [6.45, 7) is 0. The van der Waals surface area contributed by atoms with Gasteiger partial charge in [0.1, 0.15) is 5.75 Å². The maximum absolute atomic E-state index is 14.1. The molecule has 2 aliphatic heterocycles. The van der Waals surface area contributed by atoms with E-state index in [1.165, 1.54) is 9.80 Å². The van der Waals surface area contributed by atoms with E-state index in [4.69, 9.17) is 0 Å². The van der Waals surface area contributed by atoms with Gasteiger partial charge >= 0.3 is 0 Å². The van der Waals surface area contributed by atoms with Gasteiger partial charge in [0, 0.05) is 18.6 Å². The quantitative estimate of drug-likeness (QED) is 0.211. The summed E-state index contributed by atoms with van der Waals surface area (Å²) in [5, 5.41) is 11.0. The molecule has 4 aliphatic rings. The van der Waals surface area contributed by atoms with Gasteiger partial charge in [-0.3, -0.25) is 29.0 Å². The van der Waals surface area contributed by atoms with Gasteiger partial charge in [-0.05, 0) is 119 Å². The molecule has 3 fully saturated rings. The van der Waals surface area contributed by atoms with Crippen molar-refractivity contribution < 1.29 is 24.3 Å². The van der Waals surface area contributed by atoms with E-state index >= 15 is 0 Å². The summed E-state index contributed by atoms with van der Waals surface area (Å²) in [5.74, 6) is -4.59. The van der Waals surface area contributed by atoms with Crippen molar-refractivity contribution in [2.24, 2.45) is 29.6 Å². The number of carbonyl (C=O) groups excluding carboxylic acids is 4. The van der Waals surface area contributed by atoms with Gasteiger partial charge in [0.15, 0.2) is 0 Å². The van der Waals surface area contributed by atoms with Crippen molar-refractivity contribution in [3.63, 3.8) is 0 Å². The van der Waals surface area contributed by atoms with Crippen LogP contribution < -0.4 is 9.80 Å². The van der Waals surface area contributed by atoms with Gasteiger partial charge in [0.05, 0.1) is 35.0 Å². The second kappa shape index (κ2) is 10.0. The number of nitrogens with zero attached hydrogens (tertiary/aromatic N) is 2. The number of carbonyl (C=O) groups is 4. The first-order chi connectivity index (χ1) is 19.8. The molecule has 4 amide bonds. The van der Waals surface area contributed by atoms with Crippen LogP contribution in [0, 0.1) is 36.7 Å². The summed E-state index contributed by atoms with van der Waals surface area (Å²) in [6.07, 6.45) is 2.66. The number of amides is 4. The Morgan fingerprint density at radius 1 is 0.634 bits per heavy atom. The van der Waals surface area contributed by atoms with Crippen LogP contribution in [0.25, 0.3) is 0 Å². The van der Waals surface area contributed by atoms with Crippen LogP contribution in [-0.2, 0) is 19.2 Å². The van der Waals surface area contributed by atoms with E-state index in [0.717, 1.165) is 12.7 Å². The predicted molar refractivity (Wildman–Crippen MR) is 169 cm³/mol. The molecule has 0 aromatic heterocycles. The molecule has 0 unspecified atom stereocenters. The second-order valence-electron chi connectivity index (χ2n) is 11.1. The largest absolute Gasteiger partial charge is 0.508 e. The van der Waals surface area contributed by atoms with Crippen LogP contribution in [0.4, 0.5) is 11.4 Å². The summed E-state index contributed by atoms with van der Waals surface area (Å²) >= 11 is 4.36. The fourth-order valence-electron chi connectivity index (χ4n) is 7.38. The first-order valence-corrected chi connectivity index (χ1v) is 15.7. The van der Waals surface area contributed by atoms with Crippen molar-refractivity contribution in [1.82, 2.24) is 0 Å². The minimum absolute atomic E-state index is 0.0437. The zero-order valence-electron chi connectivity index (χ0n) is 21.6.